The summed E-state index contributed by atoms with van der Waals surface area (Å²) in [7, 11) is 3.39. The molecule has 2 rings (SSSR count). The Morgan fingerprint density at radius 3 is 2.44 bits per heavy atom. The molecule has 0 aliphatic rings. The number of rotatable bonds is 3. The third-order valence-corrected chi connectivity index (χ3v) is 3.09. The summed E-state index contributed by atoms with van der Waals surface area (Å²) in [6, 6.07) is 9.39. The van der Waals surface area contributed by atoms with Crippen molar-refractivity contribution >= 4 is 5.69 Å². The van der Waals surface area contributed by atoms with Crippen molar-refractivity contribution in [2.75, 3.05) is 12.8 Å². The minimum Gasteiger partial charge on any atom is -0.393 e. The Labute approximate surface area is 105 Å². The molecule has 1 atom stereocenters. The number of ether oxygens (including phenoxy) is 1. The fraction of sp³-hybridized carbons (Fsp3) is 0.308. The first-order valence-corrected chi connectivity index (χ1v) is 5.73. The van der Waals surface area contributed by atoms with Gasteiger partial charge in [-0.05, 0) is 19.1 Å². The second-order valence-electron chi connectivity index (χ2n) is 4.15. The molecule has 0 unspecified atom stereocenters. The first kappa shape index (κ1) is 12.4. The standard InChI is InChI=1S/C13H17N3O2/c1-9(18-3)12-11(14)13(17)16(15(12)2)10-7-5-4-6-8-10/h4-9H,14H2,1-3H3/t9-/m0/s1. The zero-order valence-electron chi connectivity index (χ0n) is 10.8. The van der Waals surface area contributed by atoms with Gasteiger partial charge in [0.15, 0.2) is 0 Å². The van der Waals surface area contributed by atoms with Gasteiger partial charge in [0.2, 0.25) is 0 Å². The minimum absolute atomic E-state index is 0.220. The monoisotopic (exact) mass is 247 g/mol. The number of para-hydroxylation sites is 1. The molecule has 1 aromatic carbocycles. The molecule has 2 aromatic rings. The van der Waals surface area contributed by atoms with Crippen LogP contribution in [0, 0.1) is 0 Å². The number of benzene rings is 1. The Hall–Kier alpha value is -2.01. The molecule has 2 N–H and O–H groups in total. The third-order valence-electron chi connectivity index (χ3n) is 3.09. The van der Waals surface area contributed by atoms with Crippen molar-refractivity contribution in [2.45, 2.75) is 13.0 Å². The highest BCUT2D eigenvalue weighted by Crippen LogP contribution is 2.21. The van der Waals surface area contributed by atoms with Crippen molar-refractivity contribution in [3.63, 3.8) is 0 Å². The second kappa shape index (κ2) is 4.70. The summed E-state index contributed by atoms with van der Waals surface area (Å²) in [6.45, 7) is 1.86. The van der Waals surface area contributed by atoms with Crippen LogP contribution in [0.15, 0.2) is 35.1 Å². The average Bonchev–Trinajstić information content (AvgIpc) is 2.61. The highest BCUT2D eigenvalue weighted by Gasteiger charge is 2.20. The Morgan fingerprint density at radius 1 is 1.28 bits per heavy atom. The third kappa shape index (κ3) is 1.82. The summed E-state index contributed by atoms with van der Waals surface area (Å²) < 4.78 is 8.53. The predicted octanol–water partition coefficient (Wildman–Crippen LogP) is 1.47. The van der Waals surface area contributed by atoms with E-state index in [0.29, 0.717) is 5.69 Å². The number of hydrogen-bond donors (Lipinski definition) is 1. The highest BCUT2D eigenvalue weighted by molar-refractivity contribution is 5.46. The van der Waals surface area contributed by atoms with Crippen molar-refractivity contribution in [1.29, 1.82) is 0 Å². The van der Waals surface area contributed by atoms with Gasteiger partial charge < -0.3 is 10.5 Å². The number of hydrogen-bond acceptors (Lipinski definition) is 3. The van der Waals surface area contributed by atoms with Crippen molar-refractivity contribution in [2.24, 2.45) is 7.05 Å². The van der Waals surface area contributed by atoms with Crippen LogP contribution in [0.5, 0.6) is 0 Å². The van der Waals surface area contributed by atoms with Crippen LogP contribution in [0.4, 0.5) is 5.69 Å². The van der Waals surface area contributed by atoms with Gasteiger partial charge in [0.05, 0.1) is 17.5 Å². The van der Waals surface area contributed by atoms with Crippen molar-refractivity contribution < 1.29 is 4.74 Å². The summed E-state index contributed by atoms with van der Waals surface area (Å²) in [5.74, 6) is 0. The maximum atomic E-state index is 12.2. The lowest BCUT2D eigenvalue weighted by molar-refractivity contribution is 0.112. The molecule has 96 valence electrons. The highest BCUT2D eigenvalue weighted by atomic mass is 16.5. The molecule has 0 saturated carbocycles. The molecule has 18 heavy (non-hydrogen) atoms. The molecule has 5 heteroatoms. The number of nitrogens with zero attached hydrogens (tertiary/aromatic N) is 2. The zero-order chi connectivity index (χ0) is 13.3. The van der Waals surface area contributed by atoms with Crippen LogP contribution >= 0.6 is 0 Å². The first-order chi connectivity index (χ1) is 8.57. The second-order valence-corrected chi connectivity index (χ2v) is 4.15. The average molecular weight is 247 g/mol. The van der Waals surface area contributed by atoms with Gasteiger partial charge in [0, 0.05) is 14.2 Å². The fourth-order valence-electron chi connectivity index (χ4n) is 2.10. The molecule has 0 fully saturated rings. The predicted molar refractivity (Wildman–Crippen MR) is 70.8 cm³/mol. The van der Waals surface area contributed by atoms with Gasteiger partial charge in [-0.15, -0.1) is 0 Å². The molecule has 0 saturated heterocycles. The van der Waals surface area contributed by atoms with Crippen molar-refractivity contribution in [1.82, 2.24) is 9.36 Å². The van der Waals surface area contributed by atoms with E-state index < -0.39 is 0 Å². The fourth-order valence-corrected chi connectivity index (χ4v) is 2.10. The number of anilines is 1. The Balaban J connectivity index is 2.68. The van der Waals surface area contributed by atoms with Crippen molar-refractivity contribution in [3.05, 3.63) is 46.4 Å². The van der Waals surface area contributed by atoms with E-state index in [2.05, 4.69) is 0 Å². The van der Waals surface area contributed by atoms with Crippen LogP contribution in [-0.4, -0.2) is 16.5 Å². The van der Waals surface area contributed by atoms with E-state index in [1.54, 1.807) is 23.5 Å². The van der Waals surface area contributed by atoms with Gasteiger partial charge in [-0.25, -0.2) is 4.68 Å². The van der Waals surface area contributed by atoms with E-state index in [4.69, 9.17) is 10.5 Å². The van der Waals surface area contributed by atoms with Gasteiger partial charge in [-0.3, -0.25) is 9.48 Å². The maximum Gasteiger partial charge on any atom is 0.294 e. The summed E-state index contributed by atoms with van der Waals surface area (Å²) >= 11 is 0. The van der Waals surface area contributed by atoms with E-state index in [1.165, 1.54) is 0 Å². The SMILES string of the molecule is CO[C@@H](C)c1c(N)c(=O)n(-c2ccccc2)n1C. The van der Waals surface area contributed by atoms with Gasteiger partial charge in [-0.1, -0.05) is 18.2 Å². The van der Waals surface area contributed by atoms with E-state index in [9.17, 15) is 4.79 Å². The lowest BCUT2D eigenvalue weighted by atomic mass is 10.2. The lowest BCUT2D eigenvalue weighted by Gasteiger charge is -2.13. The number of nitrogen functional groups attached to an aromatic ring is 1. The smallest absolute Gasteiger partial charge is 0.294 e. The first-order valence-electron chi connectivity index (χ1n) is 5.73. The van der Waals surface area contributed by atoms with Gasteiger partial charge in [0.25, 0.3) is 5.56 Å². The molecule has 0 bridgehead atoms. The maximum absolute atomic E-state index is 12.2. The Morgan fingerprint density at radius 2 is 1.89 bits per heavy atom. The zero-order valence-corrected chi connectivity index (χ0v) is 10.8. The lowest BCUT2D eigenvalue weighted by Crippen LogP contribution is -2.20. The molecular formula is C13H17N3O2. The normalized spacial score (nSPS) is 12.6. The summed E-state index contributed by atoms with van der Waals surface area (Å²) in [5, 5.41) is 0. The molecule has 1 aromatic heterocycles. The van der Waals surface area contributed by atoms with Crippen LogP contribution in [0.3, 0.4) is 0 Å². The van der Waals surface area contributed by atoms with Gasteiger partial charge in [-0.2, -0.15) is 0 Å². The van der Waals surface area contributed by atoms with Crippen LogP contribution in [0.25, 0.3) is 5.69 Å². The molecule has 0 radical (unpaired) electrons. The molecule has 0 aliphatic heterocycles. The molecule has 1 heterocycles. The molecular weight excluding hydrogens is 230 g/mol. The molecule has 0 spiro atoms. The largest absolute Gasteiger partial charge is 0.393 e. The van der Waals surface area contributed by atoms with Gasteiger partial charge >= 0.3 is 0 Å². The van der Waals surface area contributed by atoms with Crippen LogP contribution in [0.1, 0.15) is 18.7 Å². The quantitative estimate of drug-likeness (QED) is 0.893. The molecule has 0 amide bonds. The number of methoxy groups -OCH3 is 1. The summed E-state index contributed by atoms with van der Waals surface area (Å²) in [5.41, 5.74) is 7.37. The Bertz CT molecular complexity index is 599. The van der Waals surface area contributed by atoms with E-state index in [1.807, 2.05) is 37.3 Å². The summed E-state index contributed by atoms with van der Waals surface area (Å²) in [6.07, 6.45) is -0.229. The number of nitrogens with two attached hydrogens (primary N) is 1. The number of aromatic nitrogens is 2. The van der Waals surface area contributed by atoms with E-state index >= 15 is 0 Å². The van der Waals surface area contributed by atoms with Crippen LogP contribution in [0.2, 0.25) is 0 Å². The van der Waals surface area contributed by atoms with Crippen LogP contribution in [-0.2, 0) is 11.8 Å². The topological polar surface area (TPSA) is 62.2 Å². The molecule has 5 nitrogen and oxygen atoms in total. The summed E-state index contributed by atoms with van der Waals surface area (Å²) in [4.78, 5) is 12.2. The minimum atomic E-state index is -0.229. The van der Waals surface area contributed by atoms with E-state index in [-0.39, 0.29) is 17.4 Å². The van der Waals surface area contributed by atoms with Gasteiger partial charge in [0.1, 0.15) is 5.69 Å². The Kier molecular flexibility index (Phi) is 3.25. The van der Waals surface area contributed by atoms with Crippen LogP contribution < -0.4 is 11.3 Å². The van der Waals surface area contributed by atoms with E-state index in [0.717, 1.165) is 5.69 Å². The van der Waals surface area contributed by atoms with Crippen molar-refractivity contribution in [3.8, 4) is 5.69 Å². The molecule has 0 aliphatic carbocycles.